The number of benzene rings is 1. The Hall–Kier alpha value is -0.380. The van der Waals surface area contributed by atoms with Gasteiger partial charge in [-0.1, -0.05) is 28.1 Å². The smallest absolute Gasteiger partial charge is 0.0613 e. The van der Waals surface area contributed by atoms with Gasteiger partial charge in [0.25, 0.3) is 0 Å². The fraction of sp³-hybridized carbons (Fsp3) is 0.500. The van der Waals surface area contributed by atoms with Gasteiger partial charge in [0.15, 0.2) is 0 Å². The lowest BCUT2D eigenvalue weighted by atomic mass is 10.1. The van der Waals surface area contributed by atoms with Crippen molar-refractivity contribution in [1.82, 2.24) is 5.32 Å². The summed E-state index contributed by atoms with van der Waals surface area (Å²) in [5, 5.41) is 3.48. The molecule has 84 valence electrons. The molecule has 1 unspecified atom stereocenters. The van der Waals surface area contributed by atoms with Crippen LogP contribution < -0.4 is 5.32 Å². The molecular weight excluding hydrogens is 254 g/mol. The van der Waals surface area contributed by atoms with Crippen molar-refractivity contribution in [2.24, 2.45) is 0 Å². The zero-order chi connectivity index (χ0) is 11.3. The molecule has 0 saturated carbocycles. The molecule has 0 aliphatic rings. The van der Waals surface area contributed by atoms with Crippen molar-refractivity contribution < 1.29 is 4.74 Å². The van der Waals surface area contributed by atoms with Crippen LogP contribution in [0.2, 0.25) is 0 Å². The molecule has 0 aliphatic carbocycles. The minimum Gasteiger partial charge on any atom is -0.383 e. The number of halogens is 1. The maximum absolute atomic E-state index is 5.09. The van der Waals surface area contributed by atoms with Crippen molar-refractivity contribution in [3.8, 4) is 0 Å². The summed E-state index contributed by atoms with van der Waals surface area (Å²) in [6, 6.07) is 9.10. The molecule has 1 aromatic rings. The normalized spacial score (nSPS) is 14.9. The molecule has 0 aromatic heterocycles. The first-order valence-electron chi connectivity index (χ1n) is 5.14. The van der Waals surface area contributed by atoms with Crippen LogP contribution >= 0.6 is 15.9 Å². The molecule has 1 N–H and O–H groups in total. The van der Waals surface area contributed by atoms with Gasteiger partial charge in [0, 0.05) is 23.7 Å². The number of rotatable bonds is 5. The predicted octanol–water partition coefficient (Wildman–Crippen LogP) is 3.13. The molecule has 0 aliphatic heterocycles. The van der Waals surface area contributed by atoms with Crippen molar-refractivity contribution in [1.29, 1.82) is 0 Å². The average molecular weight is 272 g/mol. The first-order chi connectivity index (χ1) is 7.13. The van der Waals surface area contributed by atoms with Gasteiger partial charge in [0.1, 0.15) is 0 Å². The Balaban J connectivity index is 2.53. The Bertz CT molecular complexity index is 286. The summed E-state index contributed by atoms with van der Waals surface area (Å²) < 4.78 is 6.20. The van der Waals surface area contributed by atoms with E-state index in [1.807, 2.05) is 0 Å². The number of nitrogens with one attached hydrogen (secondary N) is 1. The number of ether oxygens (including phenoxy) is 1. The third-order valence-corrected chi connectivity index (χ3v) is 2.85. The lowest BCUT2D eigenvalue weighted by molar-refractivity contribution is 0.168. The van der Waals surface area contributed by atoms with Crippen LogP contribution in [0.3, 0.4) is 0 Å². The Labute approximate surface area is 100 Å². The van der Waals surface area contributed by atoms with Crippen LogP contribution in [0.25, 0.3) is 0 Å². The van der Waals surface area contributed by atoms with Crippen molar-refractivity contribution in [3.63, 3.8) is 0 Å². The van der Waals surface area contributed by atoms with Crippen LogP contribution in [0.1, 0.15) is 25.5 Å². The maximum atomic E-state index is 5.09. The van der Waals surface area contributed by atoms with Gasteiger partial charge >= 0.3 is 0 Å². The van der Waals surface area contributed by atoms with Gasteiger partial charge in [-0.25, -0.2) is 0 Å². The van der Waals surface area contributed by atoms with Crippen molar-refractivity contribution in [2.75, 3.05) is 13.7 Å². The number of methoxy groups -OCH3 is 1. The highest BCUT2D eigenvalue weighted by Gasteiger charge is 2.08. The van der Waals surface area contributed by atoms with Crippen LogP contribution in [-0.2, 0) is 4.74 Å². The summed E-state index contributed by atoms with van der Waals surface area (Å²) >= 11 is 3.43. The fourth-order valence-corrected chi connectivity index (χ4v) is 1.84. The largest absolute Gasteiger partial charge is 0.383 e. The van der Waals surface area contributed by atoms with E-state index in [9.17, 15) is 0 Å². The van der Waals surface area contributed by atoms with Crippen LogP contribution in [0.15, 0.2) is 28.7 Å². The summed E-state index contributed by atoms with van der Waals surface area (Å²) in [4.78, 5) is 0. The average Bonchev–Trinajstić information content (AvgIpc) is 2.18. The minimum atomic E-state index is 0.350. The van der Waals surface area contributed by atoms with Crippen molar-refractivity contribution >= 4 is 15.9 Å². The van der Waals surface area contributed by atoms with Gasteiger partial charge in [-0.2, -0.15) is 0 Å². The highest BCUT2D eigenvalue weighted by molar-refractivity contribution is 9.10. The summed E-state index contributed by atoms with van der Waals surface area (Å²) in [6.45, 7) is 5.02. The summed E-state index contributed by atoms with van der Waals surface area (Å²) in [6.07, 6.45) is 0. The van der Waals surface area contributed by atoms with Crippen LogP contribution in [0.5, 0.6) is 0 Å². The molecule has 1 aromatic carbocycles. The van der Waals surface area contributed by atoms with E-state index in [0.717, 1.165) is 11.1 Å². The van der Waals surface area contributed by atoms with Crippen LogP contribution in [0.4, 0.5) is 0 Å². The lowest BCUT2D eigenvalue weighted by Crippen LogP contribution is -2.32. The van der Waals surface area contributed by atoms with E-state index in [0.29, 0.717) is 12.1 Å². The van der Waals surface area contributed by atoms with Crippen LogP contribution in [-0.4, -0.2) is 19.8 Å². The minimum absolute atomic E-state index is 0.350. The quantitative estimate of drug-likeness (QED) is 0.889. The Morgan fingerprint density at radius 2 is 1.87 bits per heavy atom. The topological polar surface area (TPSA) is 21.3 Å². The van der Waals surface area contributed by atoms with Crippen molar-refractivity contribution in [3.05, 3.63) is 34.3 Å². The summed E-state index contributed by atoms with van der Waals surface area (Å²) in [5.74, 6) is 0. The van der Waals surface area contributed by atoms with E-state index >= 15 is 0 Å². The molecule has 0 fully saturated rings. The van der Waals surface area contributed by atoms with E-state index in [1.165, 1.54) is 5.56 Å². The van der Waals surface area contributed by atoms with Gasteiger partial charge in [-0.15, -0.1) is 0 Å². The van der Waals surface area contributed by atoms with Gasteiger partial charge in [0.05, 0.1) is 6.61 Å². The van der Waals surface area contributed by atoms with Gasteiger partial charge < -0.3 is 10.1 Å². The molecule has 0 amide bonds. The van der Waals surface area contributed by atoms with E-state index in [2.05, 4.69) is 59.4 Å². The zero-order valence-corrected chi connectivity index (χ0v) is 11.0. The number of hydrogen-bond acceptors (Lipinski definition) is 2. The summed E-state index contributed by atoms with van der Waals surface area (Å²) in [7, 11) is 1.72. The molecule has 0 saturated heterocycles. The Morgan fingerprint density at radius 3 is 2.40 bits per heavy atom. The molecule has 2 atom stereocenters. The lowest BCUT2D eigenvalue weighted by Gasteiger charge is -2.19. The van der Waals surface area contributed by atoms with Crippen molar-refractivity contribution in [2.45, 2.75) is 25.9 Å². The summed E-state index contributed by atoms with van der Waals surface area (Å²) in [5.41, 5.74) is 1.29. The third-order valence-electron chi connectivity index (χ3n) is 2.32. The van der Waals surface area contributed by atoms with E-state index < -0.39 is 0 Å². The van der Waals surface area contributed by atoms with Crippen LogP contribution in [0, 0.1) is 0 Å². The monoisotopic (exact) mass is 271 g/mol. The van der Waals surface area contributed by atoms with Gasteiger partial charge in [-0.3, -0.25) is 0 Å². The molecule has 2 nitrogen and oxygen atoms in total. The predicted molar refractivity (Wildman–Crippen MR) is 67.0 cm³/mol. The standard InChI is InChI=1S/C12H18BrNO/c1-9(8-15-3)14-10(2)11-4-6-12(13)7-5-11/h4-7,9-10,14H,8H2,1-3H3/t9?,10-/m1/s1. The molecule has 0 heterocycles. The molecular formula is C12H18BrNO. The van der Waals surface area contributed by atoms with Gasteiger partial charge in [0.2, 0.25) is 0 Å². The second-order valence-corrected chi connectivity index (χ2v) is 4.71. The van der Waals surface area contributed by atoms with Gasteiger partial charge in [-0.05, 0) is 31.5 Å². The Kier molecular flexibility index (Phi) is 5.29. The van der Waals surface area contributed by atoms with E-state index in [-0.39, 0.29) is 0 Å². The SMILES string of the molecule is COCC(C)N[C@H](C)c1ccc(Br)cc1. The molecule has 0 bridgehead atoms. The highest BCUT2D eigenvalue weighted by Crippen LogP contribution is 2.16. The fourth-order valence-electron chi connectivity index (χ4n) is 1.57. The highest BCUT2D eigenvalue weighted by atomic mass is 79.9. The molecule has 15 heavy (non-hydrogen) atoms. The molecule has 0 radical (unpaired) electrons. The molecule has 0 spiro atoms. The first kappa shape index (κ1) is 12.7. The second-order valence-electron chi connectivity index (χ2n) is 3.80. The maximum Gasteiger partial charge on any atom is 0.0613 e. The molecule has 1 rings (SSSR count). The third kappa shape index (κ3) is 4.33. The van der Waals surface area contributed by atoms with E-state index in [4.69, 9.17) is 4.74 Å². The second kappa shape index (κ2) is 6.26. The molecule has 3 heteroatoms. The number of hydrogen-bond donors (Lipinski definition) is 1. The zero-order valence-electron chi connectivity index (χ0n) is 9.46. The van der Waals surface area contributed by atoms with E-state index in [1.54, 1.807) is 7.11 Å². The Morgan fingerprint density at radius 1 is 1.27 bits per heavy atom. The first-order valence-corrected chi connectivity index (χ1v) is 5.93.